The lowest BCUT2D eigenvalue weighted by Crippen LogP contribution is -1.74. The summed E-state index contributed by atoms with van der Waals surface area (Å²) >= 11 is 1.66. The first-order valence-electron chi connectivity index (χ1n) is 3.36. The van der Waals surface area contributed by atoms with Gasteiger partial charge in [-0.05, 0) is 23.1 Å². The predicted molar refractivity (Wildman–Crippen MR) is 49.7 cm³/mol. The molecule has 0 spiro atoms. The topological polar surface area (TPSA) is 12.9 Å². The van der Waals surface area contributed by atoms with Crippen molar-refractivity contribution in [2.75, 3.05) is 0 Å². The molecule has 0 amide bonds. The second-order valence-corrected chi connectivity index (χ2v) is 3.14. The molecular formula is C9H7NS. The summed E-state index contributed by atoms with van der Waals surface area (Å²) in [7, 11) is 0. The minimum atomic E-state index is 1.09. The number of hydrogen-bond donors (Lipinski definition) is 0. The van der Waals surface area contributed by atoms with Gasteiger partial charge in [0.25, 0.3) is 0 Å². The minimum absolute atomic E-state index is 1.09. The van der Waals surface area contributed by atoms with Gasteiger partial charge in [-0.3, -0.25) is 0 Å². The molecular weight excluding hydrogens is 154 g/mol. The van der Waals surface area contributed by atoms with Crippen LogP contribution in [0.25, 0.3) is 16.3 Å². The Kier molecular flexibility index (Phi) is 1.47. The minimum Gasteiger partial charge on any atom is -0.245 e. The molecule has 0 fully saturated rings. The highest BCUT2D eigenvalue weighted by atomic mass is 32.1. The molecule has 54 valence electrons. The zero-order valence-corrected chi connectivity index (χ0v) is 6.77. The molecule has 2 heterocycles. The third-order valence-corrected chi connectivity index (χ3v) is 2.44. The van der Waals surface area contributed by atoms with E-state index < -0.39 is 0 Å². The van der Waals surface area contributed by atoms with Crippen LogP contribution in [0.5, 0.6) is 0 Å². The maximum Gasteiger partial charge on any atom is 0.123 e. The Morgan fingerprint density at radius 3 is 3.18 bits per heavy atom. The van der Waals surface area contributed by atoms with Crippen LogP contribution in [0.1, 0.15) is 5.56 Å². The summed E-state index contributed by atoms with van der Waals surface area (Å²) in [6.45, 7) is 3.74. The molecule has 0 aliphatic rings. The van der Waals surface area contributed by atoms with E-state index >= 15 is 0 Å². The molecule has 0 bridgehead atoms. The number of thiophene rings is 1. The molecule has 11 heavy (non-hydrogen) atoms. The highest BCUT2D eigenvalue weighted by molar-refractivity contribution is 7.16. The van der Waals surface area contributed by atoms with Crippen LogP contribution in [0.4, 0.5) is 0 Å². The number of nitrogens with zero attached hydrogens (tertiary/aromatic N) is 1. The van der Waals surface area contributed by atoms with Gasteiger partial charge in [0, 0.05) is 11.6 Å². The fourth-order valence-electron chi connectivity index (χ4n) is 1.07. The van der Waals surface area contributed by atoms with Crippen molar-refractivity contribution in [3.05, 3.63) is 35.9 Å². The molecule has 0 unspecified atom stereocenters. The normalized spacial score (nSPS) is 10.2. The van der Waals surface area contributed by atoms with Gasteiger partial charge >= 0.3 is 0 Å². The van der Waals surface area contributed by atoms with Crippen molar-refractivity contribution in [1.29, 1.82) is 0 Å². The molecule has 1 nitrogen and oxygen atoms in total. The SMILES string of the molecule is C=Cc1ccnc2sccc12. The van der Waals surface area contributed by atoms with Crippen molar-refractivity contribution in [3.63, 3.8) is 0 Å². The summed E-state index contributed by atoms with van der Waals surface area (Å²) in [5.74, 6) is 0. The van der Waals surface area contributed by atoms with Crippen LogP contribution in [0.2, 0.25) is 0 Å². The molecule has 0 atom stereocenters. The van der Waals surface area contributed by atoms with Crippen molar-refractivity contribution in [2.24, 2.45) is 0 Å². The zero-order chi connectivity index (χ0) is 7.68. The maximum atomic E-state index is 4.22. The Balaban J connectivity index is 2.88. The molecule has 0 N–H and O–H groups in total. The number of aromatic nitrogens is 1. The third-order valence-electron chi connectivity index (χ3n) is 1.62. The van der Waals surface area contributed by atoms with Crippen LogP contribution >= 0.6 is 11.3 Å². The van der Waals surface area contributed by atoms with E-state index in [1.807, 2.05) is 23.7 Å². The van der Waals surface area contributed by atoms with Gasteiger partial charge in [0.1, 0.15) is 4.83 Å². The Morgan fingerprint density at radius 1 is 1.45 bits per heavy atom. The van der Waals surface area contributed by atoms with Gasteiger partial charge in [0.05, 0.1) is 0 Å². The van der Waals surface area contributed by atoms with Crippen LogP contribution in [0.15, 0.2) is 30.3 Å². The summed E-state index contributed by atoms with van der Waals surface area (Å²) in [6.07, 6.45) is 3.67. The average molecular weight is 161 g/mol. The van der Waals surface area contributed by atoms with E-state index in [2.05, 4.69) is 17.6 Å². The van der Waals surface area contributed by atoms with Gasteiger partial charge in [-0.15, -0.1) is 11.3 Å². The number of hydrogen-bond acceptors (Lipinski definition) is 2. The lowest BCUT2D eigenvalue weighted by Gasteiger charge is -1.92. The summed E-state index contributed by atoms with van der Waals surface area (Å²) in [5.41, 5.74) is 1.16. The molecule has 0 aromatic carbocycles. The van der Waals surface area contributed by atoms with E-state index in [4.69, 9.17) is 0 Å². The van der Waals surface area contributed by atoms with Crippen molar-refractivity contribution in [1.82, 2.24) is 4.98 Å². The number of fused-ring (bicyclic) bond motifs is 1. The second kappa shape index (κ2) is 2.47. The standard InChI is InChI=1S/C9H7NS/c1-2-7-3-5-10-9-8(7)4-6-11-9/h2-6H,1H2. The zero-order valence-electron chi connectivity index (χ0n) is 5.95. The summed E-state index contributed by atoms with van der Waals surface area (Å²) in [6, 6.07) is 4.05. The van der Waals surface area contributed by atoms with E-state index in [1.54, 1.807) is 11.3 Å². The number of rotatable bonds is 1. The fourth-order valence-corrected chi connectivity index (χ4v) is 1.84. The molecule has 2 rings (SSSR count). The van der Waals surface area contributed by atoms with Crippen LogP contribution in [0, 0.1) is 0 Å². The largest absolute Gasteiger partial charge is 0.245 e. The van der Waals surface area contributed by atoms with Gasteiger partial charge in [0.2, 0.25) is 0 Å². The van der Waals surface area contributed by atoms with Crippen molar-refractivity contribution < 1.29 is 0 Å². The fraction of sp³-hybridized carbons (Fsp3) is 0. The van der Waals surface area contributed by atoms with Gasteiger partial charge in [0.15, 0.2) is 0 Å². The van der Waals surface area contributed by atoms with Gasteiger partial charge in [-0.25, -0.2) is 4.98 Å². The molecule has 0 saturated heterocycles. The molecule has 2 heteroatoms. The first kappa shape index (κ1) is 6.55. The van der Waals surface area contributed by atoms with E-state index in [0.717, 1.165) is 10.4 Å². The van der Waals surface area contributed by atoms with Crippen molar-refractivity contribution >= 4 is 27.6 Å². The van der Waals surface area contributed by atoms with Crippen LogP contribution in [-0.2, 0) is 0 Å². The first-order chi connectivity index (χ1) is 5.42. The smallest absolute Gasteiger partial charge is 0.123 e. The maximum absolute atomic E-state index is 4.22. The van der Waals surface area contributed by atoms with Crippen LogP contribution in [-0.4, -0.2) is 4.98 Å². The predicted octanol–water partition coefficient (Wildman–Crippen LogP) is 2.94. The summed E-state index contributed by atoms with van der Waals surface area (Å²) in [4.78, 5) is 5.31. The van der Waals surface area contributed by atoms with E-state index in [1.165, 1.54) is 5.39 Å². The highest BCUT2D eigenvalue weighted by Gasteiger charge is 1.97. The quantitative estimate of drug-likeness (QED) is 0.626. The van der Waals surface area contributed by atoms with E-state index in [0.29, 0.717) is 0 Å². The first-order valence-corrected chi connectivity index (χ1v) is 4.24. The molecule has 0 aliphatic carbocycles. The second-order valence-electron chi connectivity index (χ2n) is 2.24. The lowest BCUT2D eigenvalue weighted by molar-refractivity contribution is 1.44. The molecule has 0 radical (unpaired) electrons. The van der Waals surface area contributed by atoms with Crippen molar-refractivity contribution in [2.45, 2.75) is 0 Å². The summed E-state index contributed by atoms with van der Waals surface area (Å²) < 4.78 is 0. The Hall–Kier alpha value is -1.15. The van der Waals surface area contributed by atoms with Gasteiger partial charge in [-0.1, -0.05) is 12.7 Å². The van der Waals surface area contributed by atoms with Gasteiger partial charge < -0.3 is 0 Å². The monoisotopic (exact) mass is 161 g/mol. The Morgan fingerprint density at radius 2 is 2.36 bits per heavy atom. The van der Waals surface area contributed by atoms with E-state index in [-0.39, 0.29) is 0 Å². The number of pyridine rings is 1. The highest BCUT2D eigenvalue weighted by Crippen LogP contribution is 2.21. The average Bonchev–Trinajstić information content (AvgIpc) is 2.50. The molecule has 0 aliphatic heterocycles. The van der Waals surface area contributed by atoms with E-state index in [9.17, 15) is 0 Å². The lowest BCUT2D eigenvalue weighted by atomic mass is 10.2. The molecule has 2 aromatic rings. The summed E-state index contributed by atoms with van der Waals surface area (Å²) in [5, 5.41) is 3.25. The Labute approximate surface area is 69.0 Å². The molecule has 0 saturated carbocycles. The van der Waals surface area contributed by atoms with Crippen LogP contribution < -0.4 is 0 Å². The van der Waals surface area contributed by atoms with Gasteiger partial charge in [-0.2, -0.15) is 0 Å². The Bertz CT molecular complexity index is 389. The third kappa shape index (κ3) is 0.955. The van der Waals surface area contributed by atoms with Crippen molar-refractivity contribution in [3.8, 4) is 0 Å². The van der Waals surface area contributed by atoms with Crippen LogP contribution in [0.3, 0.4) is 0 Å². The molecule has 2 aromatic heterocycles.